The summed E-state index contributed by atoms with van der Waals surface area (Å²) in [6.07, 6.45) is 0. The number of nitro benzene ring substituents is 1. The van der Waals surface area contributed by atoms with Crippen molar-refractivity contribution in [3.63, 3.8) is 0 Å². The van der Waals surface area contributed by atoms with Crippen LogP contribution in [0, 0.1) is 10.1 Å². The number of nitrogens with two attached hydrogens (primary N) is 1. The van der Waals surface area contributed by atoms with Gasteiger partial charge in [0.25, 0.3) is 5.69 Å². The van der Waals surface area contributed by atoms with E-state index in [0.717, 1.165) is 62.2 Å². The summed E-state index contributed by atoms with van der Waals surface area (Å²) in [6.45, 7) is 6.00. The predicted molar refractivity (Wildman–Crippen MR) is 123 cm³/mol. The highest BCUT2D eigenvalue weighted by molar-refractivity contribution is 5.65. The number of anilines is 3. The highest BCUT2D eigenvalue weighted by Gasteiger charge is 2.19. The molecule has 0 spiro atoms. The second kappa shape index (κ2) is 11.4. The van der Waals surface area contributed by atoms with Crippen LogP contribution in [0.4, 0.5) is 22.7 Å². The number of hydrogen-bond acceptors (Lipinski definition) is 9. The Hall–Kier alpha value is -3.24. The summed E-state index contributed by atoms with van der Waals surface area (Å²) in [4.78, 5) is 14.6. The monoisotopic (exact) mass is 446 g/mol. The van der Waals surface area contributed by atoms with E-state index in [1.54, 1.807) is 26.4 Å². The predicted octanol–water partition coefficient (Wildman–Crippen LogP) is 2.55. The van der Waals surface area contributed by atoms with Crippen LogP contribution >= 0.6 is 0 Å². The van der Waals surface area contributed by atoms with Gasteiger partial charge in [-0.15, -0.1) is 0 Å². The average molecular weight is 447 g/mol. The van der Waals surface area contributed by atoms with Gasteiger partial charge in [-0.1, -0.05) is 0 Å². The van der Waals surface area contributed by atoms with Gasteiger partial charge in [-0.25, -0.2) is 0 Å². The van der Waals surface area contributed by atoms with Gasteiger partial charge in [0.05, 0.1) is 56.9 Å². The van der Waals surface area contributed by atoms with E-state index >= 15 is 0 Å². The number of nitrogen functional groups attached to an aromatic ring is 1. The lowest BCUT2D eigenvalue weighted by atomic mass is 10.2. The second-order valence-electron chi connectivity index (χ2n) is 7.24. The normalized spacial score (nSPS) is 16.1. The van der Waals surface area contributed by atoms with E-state index in [1.807, 2.05) is 23.1 Å². The van der Waals surface area contributed by atoms with Crippen LogP contribution in [0.3, 0.4) is 0 Å². The van der Waals surface area contributed by atoms with E-state index in [9.17, 15) is 10.1 Å². The number of nitro groups is 1. The Labute approximate surface area is 187 Å². The van der Waals surface area contributed by atoms with Crippen LogP contribution in [-0.4, -0.2) is 71.7 Å². The summed E-state index contributed by atoms with van der Waals surface area (Å²) < 4.78 is 21.1. The van der Waals surface area contributed by atoms with Crippen LogP contribution in [0.15, 0.2) is 36.4 Å². The molecule has 32 heavy (non-hydrogen) atoms. The van der Waals surface area contributed by atoms with Gasteiger partial charge in [0.1, 0.15) is 11.5 Å². The van der Waals surface area contributed by atoms with Gasteiger partial charge in [0.2, 0.25) is 0 Å². The quantitative estimate of drug-likeness (QED) is 0.420. The molecule has 2 heterocycles. The van der Waals surface area contributed by atoms with E-state index in [-0.39, 0.29) is 5.69 Å². The summed E-state index contributed by atoms with van der Waals surface area (Å²) in [5.41, 5.74) is 8.42. The third-order valence-electron chi connectivity index (χ3n) is 5.28. The molecule has 2 fully saturated rings. The molecular weight excluding hydrogens is 416 g/mol. The van der Waals surface area contributed by atoms with Gasteiger partial charge in [-0.3, -0.25) is 10.1 Å². The van der Waals surface area contributed by atoms with Gasteiger partial charge in [-0.2, -0.15) is 0 Å². The molecule has 2 N–H and O–H groups in total. The fourth-order valence-corrected chi connectivity index (χ4v) is 3.60. The van der Waals surface area contributed by atoms with Crippen molar-refractivity contribution in [1.82, 2.24) is 0 Å². The molecule has 0 saturated carbocycles. The van der Waals surface area contributed by atoms with Gasteiger partial charge < -0.3 is 34.5 Å². The fourth-order valence-electron chi connectivity index (χ4n) is 3.60. The molecular formula is C22H30N4O6. The number of ether oxygens (including phenoxy) is 4. The maximum absolute atomic E-state index is 10.8. The summed E-state index contributed by atoms with van der Waals surface area (Å²) >= 11 is 0. The van der Waals surface area contributed by atoms with Crippen molar-refractivity contribution in [1.29, 1.82) is 0 Å². The van der Waals surface area contributed by atoms with E-state index in [4.69, 9.17) is 24.7 Å². The van der Waals surface area contributed by atoms with Crippen molar-refractivity contribution < 1.29 is 23.9 Å². The molecule has 0 aliphatic carbocycles. The molecule has 2 aliphatic heterocycles. The van der Waals surface area contributed by atoms with Gasteiger partial charge in [-0.05, 0) is 24.3 Å². The lowest BCUT2D eigenvalue weighted by Gasteiger charge is -2.30. The van der Waals surface area contributed by atoms with Crippen LogP contribution in [0.1, 0.15) is 0 Å². The number of benzene rings is 2. The maximum atomic E-state index is 10.8. The molecule has 10 nitrogen and oxygen atoms in total. The van der Waals surface area contributed by atoms with Gasteiger partial charge >= 0.3 is 0 Å². The Morgan fingerprint density at radius 2 is 1.31 bits per heavy atom. The topological polar surface area (TPSA) is 113 Å². The van der Waals surface area contributed by atoms with E-state index in [2.05, 4.69) is 4.90 Å². The molecule has 0 radical (unpaired) electrons. The van der Waals surface area contributed by atoms with Crippen LogP contribution in [0.5, 0.6) is 11.5 Å². The number of non-ortho nitro benzene ring substituents is 1. The van der Waals surface area contributed by atoms with Crippen molar-refractivity contribution in [2.45, 2.75) is 0 Å². The maximum Gasteiger partial charge on any atom is 0.271 e. The number of morpholine rings is 2. The van der Waals surface area contributed by atoms with Crippen LogP contribution in [0.2, 0.25) is 0 Å². The van der Waals surface area contributed by atoms with E-state index in [0.29, 0.717) is 19.0 Å². The zero-order valence-electron chi connectivity index (χ0n) is 18.5. The Kier molecular flexibility index (Phi) is 8.34. The molecule has 10 heteroatoms. The highest BCUT2D eigenvalue weighted by Crippen LogP contribution is 2.33. The van der Waals surface area contributed by atoms with Crippen molar-refractivity contribution >= 4 is 22.7 Å². The minimum Gasteiger partial charge on any atom is -0.495 e. The molecule has 4 rings (SSSR count). The number of methoxy groups -OCH3 is 2. The molecule has 2 saturated heterocycles. The lowest BCUT2D eigenvalue weighted by molar-refractivity contribution is -0.384. The summed E-state index contributed by atoms with van der Waals surface area (Å²) in [5, 5.41) is 10.8. The molecule has 174 valence electrons. The van der Waals surface area contributed by atoms with E-state index in [1.165, 1.54) is 6.07 Å². The third-order valence-corrected chi connectivity index (χ3v) is 5.28. The highest BCUT2D eigenvalue weighted by atomic mass is 16.6. The van der Waals surface area contributed by atoms with Gasteiger partial charge in [0, 0.05) is 44.0 Å². The molecule has 2 aliphatic rings. The SMILES string of the molecule is COc1ccc(N)cc1N1CCOCC1.COc1ccc([N+](=O)[O-])cc1N1CCOCC1. The van der Waals surface area contributed by atoms with Gasteiger partial charge in [0.15, 0.2) is 0 Å². The van der Waals surface area contributed by atoms with Crippen molar-refractivity contribution in [2.24, 2.45) is 0 Å². The summed E-state index contributed by atoms with van der Waals surface area (Å²) in [7, 11) is 3.24. The smallest absolute Gasteiger partial charge is 0.271 e. The van der Waals surface area contributed by atoms with Crippen LogP contribution < -0.4 is 25.0 Å². The second-order valence-corrected chi connectivity index (χ2v) is 7.24. The minimum atomic E-state index is -0.399. The Morgan fingerprint density at radius 1 is 0.844 bits per heavy atom. The minimum absolute atomic E-state index is 0.0762. The number of nitrogens with zero attached hydrogens (tertiary/aromatic N) is 3. The first-order valence-corrected chi connectivity index (χ1v) is 10.4. The Morgan fingerprint density at radius 3 is 1.78 bits per heavy atom. The first kappa shape index (κ1) is 23.4. The Bertz CT molecular complexity index is 898. The molecule has 2 aromatic rings. The molecule has 0 amide bonds. The lowest BCUT2D eigenvalue weighted by Crippen LogP contribution is -2.36. The average Bonchev–Trinajstić information content (AvgIpc) is 2.85. The van der Waals surface area contributed by atoms with Crippen LogP contribution in [0.25, 0.3) is 0 Å². The first-order chi connectivity index (χ1) is 15.5. The van der Waals surface area contributed by atoms with Crippen LogP contribution in [-0.2, 0) is 9.47 Å². The molecule has 0 bridgehead atoms. The number of hydrogen-bond donors (Lipinski definition) is 1. The van der Waals surface area contributed by atoms with Crippen molar-refractivity contribution in [3.05, 3.63) is 46.5 Å². The molecule has 2 aromatic carbocycles. The largest absolute Gasteiger partial charge is 0.495 e. The van der Waals surface area contributed by atoms with Crippen molar-refractivity contribution in [3.8, 4) is 11.5 Å². The molecule has 0 atom stereocenters. The van der Waals surface area contributed by atoms with Crippen molar-refractivity contribution in [2.75, 3.05) is 82.4 Å². The standard InChI is InChI=1S/C11H14N2O4.C11H16N2O2/c1-16-11-3-2-9(13(14)15)8-10(11)12-4-6-17-7-5-12;1-14-11-3-2-9(12)8-10(11)13-4-6-15-7-5-13/h2-3,8H,4-7H2,1H3;2-3,8H,4-7,12H2,1H3. The third kappa shape index (κ3) is 5.92. The fraction of sp³-hybridized carbons (Fsp3) is 0.455. The first-order valence-electron chi connectivity index (χ1n) is 10.4. The zero-order chi connectivity index (χ0) is 22.9. The zero-order valence-corrected chi connectivity index (χ0v) is 18.5. The molecule has 0 aromatic heterocycles. The Balaban J connectivity index is 0.000000182. The summed E-state index contributed by atoms with van der Waals surface area (Å²) in [6, 6.07) is 10.3. The molecule has 0 unspecified atom stereocenters. The van der Waals surface area contributed by atoms with E-state index < -0.39 is 4.92 Å². The summed E-state index contributed by atoms with van der Waals surface area (Å²) in [5.74, 6) is 1.52. The number of rotatable bonds is 5.